The molecule has 2 aromatic rings. The minimum absolute atomic E-state index is 0.170. The zero-order valence-electron chi connectivity index (χ0n) is 15.3. The third kappa shape index (κ3) is 6.23. The molecule has 0 fully saturated rings. The first-order valence-electron chi connectivity index (χ1n) is 8.56. The highest BCUT2D eigenvalue weighted by atomic mass is 35.5. The number of rotatable bonds is 9. The molecule has 2 N–H and O–H groups in total. The summed E-state index contributed by atoms with van der Waals surface area (Å²) in [6, 6.07) is 11.8. The van der Waals surface area contributed by atoms with E-state index in [1.807, 2.05) is 25.1 Å². The number of amides is 1. The van der Waals surface area contributed by atoms with Gasteiger partial charge in [-0.25, -0.2) is 13.1 Å². The van der Waals surface area contributed by atoms with Gasteiger partial charge in [0, 0.05) is 18.1 Å². The van der Waals surface area contributed by atoms with Crippen molar-refractivity contribution < 1.29 is 17.9 Å². The monoisotopic (exact) mass is 410 g/mol. The third-order valence-corrected chi connectivity index (χ3v) is 5.62. The van der Waals surface area contributed by atoms with Gasteiger partial charge >= 0.3 is 0 Å². The fourth-order valence-corrected chi connectivity index (χ4v) is 3.72. The van der Waals surface area contributed by atoms with Crippen molar-refractivity contribution in [2.24, 2.45) is 0 Å². The zero-order valence-corrected chi connectivity index (χ0v) is 16.9. The van der Waals surface area contributed by atoms with Crippen molar-refractivity contribution in [2.75, 3.05) is 13.2 Å². The fourth-order valence-electron chi connectivity index (χ4n) is 2.30. The lowest BCUT2D eigenvalue weighted by Gasteiger charge is -2.12. The number of aryl methyl sites for hydroxylation is 1. The lowest BCUT2D eigenvalue weighted by atomic mass is 10.2. The highest BCUT2D eigenvalue weighted by Crippen LogP contribution is 2.22. The highest BCUT2D eigenvalue weighted by molar-refractivity contribution is 7.89. The maximum atomic E-state index is 12.1. The Morgan fingerprint density at radius 1 is 1.19 bits per heavy atom. The van der Waals surface area contributed by atoms with Crippen LogP contribution < -0.4 is 14.8 Å². The molecule has 0 heterocycles. The molecule has 0 atom stereocenters. The Bertz CT molecular complexity index is 900. The number of carbonyl (C=O) groups is 1. The molecule has 6 nitrogen and oxygen atoms in total. The molecule has 0 aliphatic rings. The van der Waals surface area contributed by atoms with Crippen molar-refractivity contribution in [1.82, 2.24) is 10.0 Å². The number of hydrogen-bond donors (Lipinski definition) is 2. The smallest absolute Gasteiger partial charge is 0.258 e. The van der Waals surface area contributed by atoms with Gasteiger partial charge in [-0.15, -0.1) is 0 Å². The van der Waals surface area contributed by atoms with Gasteiger partial charge < -0.3 is 10.1 Å². The molecule has 0 aromatic heterocycles. The lowest BCUT2D eigenvalue weighted by molar-refractivity contribution is -0.123. The Labute approximate surface area is 164 Å². The first-order chi connectivity index (χ1) is 12.8. The van der Waals surface area contributed by atoms with Crippen molar-refractivity contribution in [3.05, 3.63) is 58.6 Å². The van der Waals surface area contributed by atoms with Crippen LogP contribution in [0.3, 0.4) is 0 Å². The maximum Gasteiger partial charge on any atom is 0.258 e. The molecule has 146 valence electrons. The normalized spacial score (nSPS) is 11.2. The van der Waals surface area contributed by atoms with Gasteiger partial charge in [0.2, 0.25) is 10.0 Å². The Kier molecular flexibility index (Phi) is 7.65. The van der Waals surface area contributed by atoms with Gasteiger partial charge in [-0.3, -0.25) is 4.79 Å². The predicted molar refractivity (Wildman–Crippen MR) is 105 cm³/mol. The number of carbonyl (C=O) groups excluding carboxylic acids is 1. The lowest BCUT2D eigenvalue weighted by Crippen LogP contribution is -2.28. The van der Waals surface area contributed by atoms with Crippen LogP contribution in [0.25, 0.3) is 0 Å². The van der Waals surface area contributed by atoms with Crippen molar-refractivity contribution >= 4 is 27.5 Å². The maximum absolute atomic E-state index is 12.1. The molecule has 0 aliphatic carbocycles. The number of sulfonamides is 1. The van der Waals surface area contributed by atoms with Gasteiger partial charge in [0.1, 0.15) is 5.75 Å². The fraction of sp³-hybridized carbons (Fsp3) is 0.316. The molecule has 2 aromatic carbocycles. The summed E-state index contributed by atoms with van der Waals surface area (Å²) in [6.45, 7) is 4.13. The minimum Gasteiger partial charge on any atom is -0.484 e. The van der Waals surface area contributed by atoms with Crippen LogP contribution in [-0.4, -0.2) is 27.5 Å². The second kappa shape index (κ2) is 9.73. The Hall–Kier alpha value is -2.09. The van der Waals surface area contributed by atoms with Crippen LogP contribution in [0.1, 0.15) is 24.5 Å². The standard InChI is InChI=1S/C19H23ClN2O4S/c1-3-10-22-27(24,25)16-8-9-18(14(2)11-16)26-13-19(23)21-12-15-6-4-5-7-17(15)20/h4-9,11,22H,3,10,12-13H2,1-2H3,(H,21,23). The molecule has 0 aliphatic heterocycles. The van der Waals surface area contributed by atoms with Crippen LogP contribution in [0.2, 0.25) is 5.02 Å². The summed E-state index contributed by atoms with van der Waals surface area (Å²) < 4.78 is 32.3. The van der Waals surface area contributed by atoms with E-state index in [1.165, 1.54) is 12.1 Å². The number of halogens is 1. The third-order valence-electron chi connectivity index (χ3n) is 3.79. The second-order valence-electron chi connectivity index (χ2n) is 5.98. The van der Waals surface area contributed by atoms with Crippen LogP contribution in [0.4, 0.5) is 0 Å². The number of ether oxygens (including phenoxy) is 1. The Morgan fingerprint density at radius 3 is 2.59 bits per heavy atom. The van der Waals surface area contributed by atoms with Crippen molar-refractivity contribution in [1.29, 1.82) is 0 Å². The number of hydrogen-bond acceptors (Lipinski definition) is 4. The molecule has 2 rings (SSSR count). The number of nitrogens with one attached hydrogen (secondary N) is 2. The van der Waals surface area contributed by atoms with E-state index < -0.39 is 10.0 Å². The molecular weight excluding hydrogens is 388 g/mol. The van der Waals surface area contributed by atoms with E-state index in [2.05, 4.69) is 10.0 Å². The van der Waals surface area contributed by atoms with Crippen LogP contribution in [0, 0.1) is 6.92 Å². The largest absolute Gasteiger partial charge is 0.484 e. The van der Waals surface area contributed by atoms with Crippen molar-refractivity contribution in [2.45, 2.75) is 31.7 Å². The molecule has 0 saturated heterocycles. The van der Waals surface area contributed by atoms with E-state index in [9.17, 15) is 13.2 Å². The van der Waals surface area contributed by atoms with Crippen molar-refractivity contribution in [3.8, 4) is 5.75 Å². The molecule has 0 unspecified atom stereocenters. The van der Waals surface area contributed by atoms with Crippen LogP contribution in [0.15, 0.2) is 47.4 Å². The zero-order chi connectivity index (χ0) is 19.9. The van der Waals surface area contributed by atoms with Gasteiger partial charge in [-0.1, -0.05) is 36.7 Å². The van der Waals surface area contributed by atoms with E-state index in [4.69, 9.17) is 16.3 Å². The van der Waals surface area contributed by atoms with E-state index in [0.29, 0.717) is 35.8 Å². The average Bonchev–Trinajstić information content (AvgIpc) is 2.64. The predicted octanol–water partition coefficient (Wildman–Crippen LogP) is 3.03. The Morgan fingerprint density at radius 2 is 1.93 bits per heavy atom. The number of benzene rings is 2. The van der Waals surface area contributed by atoms with Gasteiger partial charge in [-0.2, -0.15) is 0 Å². The summed E-state index contributed by atoms with van der Waals surface area (Å²) in [5.74, 6) is 0.160. The highest BCUT2D eigenvalue weighted by Gasteiger charge is 2.15. The first kappa shape index (κ1) is 21.2. The van der Waals surface area contributed by atoms with E-state index in [-0.39, 0.29) is 17.4 Å². The quantitative estimate of drug-likeness (QED) is 0.665. The molecular formula is C19H23ClN2O4S. The molecule has 1 amide bonds. The van der Waals surface area contributed by atoms with Gasteiger partial charge in [0.25, 0.3) is 5.91 Å². The molecule has 0 bridgehead atoms. The topological polar surface area (TPSA) is 84.5 Å². The van der Waals surface area contributed by atoms with E-state index in [1.54, 1.807) is 19.1 Å². The summed E-state index contributed by atoms with van der Waals surface area (Å²) in [5, 5.41) is 3.32. The summed E-state index contributed by atoms with van der Waals surface area (Å²) in [6.07, 6.45) is 0.711. The molecule has 8 heteroatoms. The van der Waals surface area contributed by atoms with Gasteiger partial charge in [0.15, 0.2) is 6.61 Å². The molecule has 0 saturated carbocycles. The summed E-state index contributed by atoms with van der Waals surface area (Å²) >= 11 is 6.05. The molecule has 0 spiro atoms. The second-order valence-corrected chi connectivity index (χ2v) is 8.16. The van der Waals surface area contributed by atoms with Crippen LogP contribution >= 0.6 is 11.6 Å². The van der Waals surface area contributed by atoms with Crippen LogP contribution in [-0.2, 0) is 21.4 Å². The van der Waals surface area contributed by atoms with Crippen molar-refractivity contribution in [3.63, 3.8) is 0 Å². The summed E-state index contributed by atoms with van der Waals surface area (Å²) in [4.78, 5) is 12.1. The SMILES string of the molecule is CCCNS(=O)(=O)c1ccc(OCC(=O)NCc2ccccc2Cl)c(C)c1. The Balaban J connectivity index is 1.92. The average molecular weight is 411 g/mol. The van der Waals surface area contributed by atoms with Crippen LogP contribution in [0.5, 0.6) is 5.75 Å². The van der Waals surface area contributed by atoms with E-state index in [0.717, 1.165) is 5.56 Å². The first-order valence-corrected chi connectivity index (χ1v) is 10.4. The van der Waals surface area contributed by atoms with Gasteiger partial charge in [-0.05, 0) is 48.7 Å². The summed E-state index contributed by atoms with van der Waals surface area (Å²) in [5.41, 5.74) is 1.45. The minimum atomic E-state index is -3.53. The summed E-state index contributed by atoms with van der Waals surface area (Å²) in [7, 11) is -3.53. The molecule has 0 radical (unpaired) electrons. The van der Waals surface area contributed by atoms with Gasteiger partial charge in [0.05, 0.1) is 4.90 Å². The molecule has 27 heavy (non-hydrogen) atoms. The van der Waals surface area contributed by atoms with E-state index >= 15 is 0 Å².